The molecule has 23 heavy (non-hydrogen) atoms. The van der Waals surface area contributed by atoms with Gasteiger partial charge in [0.15, 0.2) is 0 Å². The molecule has 0 radical (unpaired) electrons. The molecule has 0 saturated heterocycles. The van der Waals surface area contributed by atoms with Crippen LogP contribution < -0.4 is 10.1 Å². The summed E-state index contributed by atoms with van der Waals surface area (Å²) in [5.74, 6) is -0.0979. The third-order valence-corrected chi connectivity index (χ3v) is 3.31. The van der Waals surface area contributed by atoms with Gasteiger partial charge in [0.2, 0.25) is 0 Å². The van der Waals surface area contributed by atoms with E-state index >= 15 is 0 Å². The number of carbonyl (C=O) groups is 1. The summed E-state index contributed by atoms with van der Waals surface area (Å²) >= 11 is 0. The topological polar surface area (TPSA) is 61.8 Å². The molecule has 0 amide bonds. The molecule has 122 valence electrons. The van der Waals surface area contributed by atoms with Crippen molar-refractivity contribution in [2.24, 2.45) is 0 Å². The van der Waals surface area contributed by atoms with Crippen molar-refractivity contribution in [3.63, 3.8) is 0 Å². The molecule has 0 spiro atoms. The van der Waals surface area contributed by atoms with Crippen molar-refractivity contribution in [3.8, 4) is 5.75 Å². The normalized spacial score (nSPS) is 10.6. The van der Waals surface area contributed by atoms with Gasteiger partial charge in [0.1, 0.15) is 12.4 Å². The number of anilines is 1. The molecule has 0 aliphatic carbocycles. The van der Waals surface area contributed by atoms with E-state index in [2.05, 4.69) is 10.2 Å². The third-order valence-electron chi connectivity index (χ3n) is 3.31. The van der Waals surface area contributed by atoms with Crippen LogP contribution in [0.5, 0.6) is 5.75 Å². The minimum absolute atomic E-state index is 0.296. The van der Waals surface area contributed by atoms with Gasteiger partial charge in [-0.3, -0.25) is 0 Å². The second-order valence-electron chi connectivity index (χ2n) is 5.54. The third kappa shape index (κ3) is 5.64. The summed E-state index contributed by atoms with van der Waals surface area (Å²) in [4.78, 5) is 13.0. The zero-order chi connectivity index (χ0) is 16.7. The van der Waals surface area contributed by atoms with E-state index in [0.29, 0.717) is 18.7 Å². The standard InChI is InChI=1S/C18H22N2O3/c1-20(2)9-10-23-17-8-4-7-16(12-17)19-13-14-5-3-6-15(11-14)18(21)22/h3-8,11-12,19H,9-10,13H2,1-2H3,(H,21,22). The number of hydrogen-bond donors (Lipinski definition) is 2. The van der Waals surface area contributed by atoms with E-state index in [0.717, 1.165) is 23.5 Å². The Hall–Kier alpha value is -2.53. The summed E-state index contributed by atoms with van der Waals surface area (Å²) < 4.78 is 5.70. The Bertz CT molecular complexity index is 656. The summed E-state index contributed by atoms with van der Waals surface area (Å²) in [7, 11) is 4.01. The highest BCUT2D eigenvalue weighted by Gasteiger charge is 2.03. The van der Waals surface area contributed by atoms with Crippen LogP contribution in [0.3, 0.4) is 0 Å². The van der Waals surface area contributed by atoms with Gasteiger partial charge >= 0.3 is 5.97 Å². The van der Waals surface area contributed by atoms with Crippen molar-refractivity contribution in [1.29, 1.82) is 0 Å². The number of benzene rings is 2. The minimum atomic E-state index is -0.914. The predicted molar refractivity (Wildman–Crippen MR) is 91.2 cm³/mol. The number of aromatic carboxylic acids is 1. The Labute approximate surface area is 136 Å². The smallest absolute Gasteiger partial charge is 0.335 e. The lowest BCUT2D eigenvalue weighted by Gasteiger charge is -2.12. The number of likely N-dealkylation sites (N-methyl/N-ethyl adjacent to an activating group) is 1. The van der Waals surface area contributed by atoms with E-state index in [1.54, 1.807) is 18.2 Å². The zero-order valence-electron chi connectivity index (χ0n) is 13.5. The molecule has 0 aliphatic rings. The summed E-state index contributed by atoms with van der Waals surface area (Å²) in [5, 5.41) is 12.3. The Morgan fingerprint density at radius 2 is 1.96 bits per heavy atom. The van der Waals surface area contributed by atoms with Gasteiger partial charge < -0.3 is 20.1 Å². The molecule has 2 N–H and O–H groups in total. The fourth-order valence-electron chi connectivity index (χ4n) is 2.06. The molecule has 0 saturated carbocycles. The Kier molecular flexibility index (Phi) is 6.00. The molecule has 5 heteroatoms. The van der Waals surface area contributed by atoms with Crippen LogP contribution in [0.15, 0.2) is 48.5 Å². The van der Waals surface area contributed by atoms with Gasteiger partial charge in [-0.15, -0.1) is 0 Å². The van der Waals surface area contributed by atoms with Crippen LogP contribution in [-0.4, -0.2) is 43.2 Å². The van der Waals surface area contributed by atoms with Crippen LogP contribution in [-0.2, 0) is 6.54 Å². The molecule has 0 aliphatic heterocycles. The molecule has 0 atom stereocenters. The molecule has 2 rings (SSSR count). The maximum atomic E-state index is 11.0. The van der Waals surface area contributed by atoms with Crippen LogP contribution in [0.25, 0.3) is 0 Å². The highest BCUT2D eigenvalue weighted by Crippen LogP contribution is 2.18. The summed E-state index contributed by atoms with van der Waals surface area (Å²) in [5.41, 5.74) is 2.15. The van der Waals surface area contributed by atoms with Crippen molar-refractivity contribution in [3.05, 3.63) is 59.7 Å². The van der Waals surface area contributed by atoms with Gasteiger partial charge in [0, 0.05) is 24.8 Å². The number of nitrogens with one attached hydrogen (secondary N) is 1. The highest BCUT2D eigenvalue weighted by molar-refractivity contribution is 5.87. The summed E-state index contributed by atoms with van der Waals surface area (Å²) in [6, 6.07) is 14.7. The first-order valence-electron chi connectivity index (χ1n) is 7.48. The highest BCUT2D eigenvalue weighted by atomic mass is 16.5. The first-order chi connectivity index (χ1) is 11.0. The van der Waals surface area contributed by atoms with Gasteiger partial charge in [-0.2, -0.15) is 0 Å². The van der Waals surface area contributed by atoms with E-state index in [1.165, 1.54) is 0 Å². The van der Waals surface area contributed by atoms with Crippen molar-refractivity contribution in [1.82, 2.24) is 4.90 Å². The van der Waals surface area contributed by atoms with Gasteiger partial charge in [-0.05, 0) is 43.9 Å². The fraction of sp³-hybridized carbons (Fsp3) is 0.278. The van der Waals surface area contributed by atoms with Gasteiger partial charge in [0.25, 0.3) is 0 Å². The van der Waals surface area contributed by atoms with Gasteiger partial charge in [-0.25, -0.2) is 4.79 Å². The molecule has 0 heterocycles. The van der Waals surface area contributed by atoms with Crippen LogP contribution in [0.1, 0.15) is 15.9 Å². The first-order valence-corrected chi connectivity index (χ1v) is 7.48. The molecule has 2 aromatic rings. The van der Waals surface area contributed by atoms with Crippen LogP contribution in [0.4, 0.5) is 5.69 Å². The maximum absolute atomic E-state index is 11.0. The second kappa shape index (κ2) is 8.19. The van der Waals surface area contributed by atoms with E-state index < -0.39 is 5.97 Å². The Morgan fingerprint density at radius 3 is 2.70 bits per heavy atom. The monoisotopic (exact) mass is 314 g/mol. The fourth-order valence-corrected chi connectivity index (χ4v) is 2.06. The maximum Gasteiger partial charge on any atom is 0.335 e. The predicted octanol–water partition coefficient (Wildman–Crippen LogP) is 2.94. The molecule has 0 bridgehead atoms. The molecule has 0 aromatic heterocycles. The van der Waals surface area contributed by atoms with Crippen molar-refractivity contribution < 1.29 is 14.6 Å². The molecular weight excluding hydrogens is 292 g/mol. The van der Waals surface area contributed by atoms with E-state index in [9.17, 15) is 4.79 Å². The molecule has 2 aromatic carbocycles. The van der Waals surface area contributed by atoms with Crippen LogP contribution in [0.2, 0.25) is 0 Å². The SMILES string of the molecule is CN(C)CCOc1cccc(NCc2cccc(C(=O)O)c2)c1. The van der Waals surface area contributed by atoms with Gasteiger partial charge in [0.05, 0.1) is 5.56 Å². The number of nitrogens with zero attached hydrogens (tertiary/aromatic N) is 1. The zero-order valence-corrected chi connectivity index (χ0v) is 13.5. The number of rotatable bonds is 8. The van der Waals surface area contributed by atoms with Crippen molar-refractivity contribution in [2.75, 3.05) is 32.6 Å². The second-order valence-corrected chi connectivity index (χ2v) is 5.54. The van der Waals surface area contributed by atoms with E-state index in [4.69, 9.17) is 9.84 Å². The Morgan fingerprint density at radius 1 is 1.17 bits per heavy atom. The number of carboxylic acid groups (broad SMARTS) is 1. The molecule has 0 unspecified atom stereocenters. The lowest BCUT2D eigenvalue weighted by molar-refractivity contribution is 0.0696. The quantitative estimate of drug-likeness (QED) is 0.784. The summed E-state index contributed by atoms with van der Waals surface area (Å²) in [6.07, 6.45) is 0. The lowest BCUT2D eigenvalue weighted by Crippen LogP contribution is -2.19. The number of ether oxygens (including phenoxy) is 1. The largest absolute Gasteiger partial charge is 0.492 e. The van der Waals surface area contributed by atoms with Gasteiger partial charge in [-0.1, -0.05) is 18.2 Å². The number of hydrogen-bond acceptors (Lipinski definition) is 4. The number of carboxylic acids is 1. The van der Waals surface area contributed by atoms with E-state index in [-0.39, 0.29) is 0 Å². The average Bonchev–Trinajstić information content (AvgIpc) is 2.53. The Balaban J connectivity index is 1.93. The van der Waals surface area contributed by atoms with Crippen LogP contribution >= 0.6 is 0 Å². The first kappa shape index (κ1) is 16.8. The summed E-state index contributed by atoms with van der Waals surface area (Å²) in [6.45, 7) is 2.05. The van der Waals surface area contributed by atoms with Crippen LogP contribution in [0, 0.1) is 0 Å². The molecular formula is C18H22N2O3. The van der Waals surface area contributed by atoms with E-state index in [1.807, 2.05) is 44.4 Å². The average molecular weight is 314 g/mol. The molecule has 5 nitrogen and oxygen atoms in total. The lowest BCUT2D eigenvalue weighted by atomic mass is 10.1. The minimum Gasteiger partial charge on any atom is -0.492 e. The van der Waals surface area contributed by atoms with Crippen molar-refractivity contribution in [2.45, 2.75) is 6.54 Å². The molecule has 0 fully saturated rings. The van der Waals surface area contributed by atoms with Crippen molar-refractivity contribution >= 4 is 11.7 Å².